The highest BCUT2D eigenvalue weighted by atomic mass is 32.1. The second kappa shape index (κ2) is 8.31. The molecule has 0 aliphatic carbocycles. The zero-order valence-electron chi connectivity index (χ0n) is 17.0. The van der Waals surface area contributed by atoms with Crippen LogP contribution >= 0.6 is 12.2 Å². The highest BCUT2D eigenvalue weighted by molar-refractivity contribution is 7.71. The predicted molar refractivity (Wildman–Crippen MR) is 125 cm³/mol. The molecule has 2 N–H and O–H groups in total. The molecule has 0 amide bonds. The van der Waals surface area contributed by atoms with Crippen molar-refractivity contribution in [3.8, 4) is 0 Å². The van der Waals surface area contributed by atoms with Crippen molar-refractivity contribution in [2.75, 3.05) is 31.1 Å². The highest BCUT2D eigenvalue weighted by Gasteiger charge is 2.27. The third-order valence-corrected chi connectivity index (χ3v) is 6.22. The summed E-state index contributed by atoms with van der Waals surface area (Å²) in [6, 6.07) is 20.2. The van der Waals surface area contributed by atoms with Gasteiger partial charge in [-0.05, 0) is 17.7 Å². The molecule has 1 aliphatic heterocycles. The van der Waals surface area contributed by atoms with Crippen LogP contribution in [0.25, 0.3) is 11.0 Å². The third kappa shape index (κ3) is 3.70. The van der Waals surface area contributed by atoms with Gasteiger partial charge in [0.05, 0.1) is 17.9 Å². The van der Waals surface area contributed by atoms with Crippen LogP contribution < -0.4 is 4.90 Å². The van der Waals surface area contributed by atoms with Crippen LogP contribution in [0.3, 0.4) is 0 Å². The van der Waals surface area contributed by atoms with Crippen LogP contribution in [0.2, 0.25) is 0 Å². The number of nitrogens with one attached hydrogen (secondary N) is 2. The third-order valence-electron chi connectivity index (χ3n) is 5.79. The topological polar surface area (TPSA) is 76.8 Å². The van der Waals surface area contributed by atoms with Gasteiger partial charge in [-0.1, -0.05) is 60.7 Å². The fourth-order valence-corrected chi connectivity index (χ4v) is 4.43. The van der Waals surface area contributed by atoms with Gasteiger partial charge in [0, 0.05) is 31.9 Å². The van der Waals surface area contributed by atoms with E-state index in [1.807, 2.05) is 41.0 Å². The number of aromatic amines is 1. The first kappa shape index (κ1) is 19.4. The van der Waals surface area contributed by atoms with Crippen LogP contribution in [-0.2, 0) is 0 Å². The molecule has 156 valence electrons. The van der Waals surface area contributed by atoms with E-state index in [2.05, 4.69) is 49.2 Å². The van der Waals surface area contributed by atoms with E-state index in [0.717, 1.165) is 37.1 Å². The number of para-hydroxylation sites is 1. The molecule has 4 aromatic rings. The Morgan fingerprint density at radius 1 is 0.968 bits per heavy atom. The monoisotopic (exact) mass is 429 g/mol. The number of piperazine rings is 1. The second-order valence-electron chi connectivity index (χ2n) is 7.60. The molecule has 1 unspecified atom stereocenters. The summed E-state index contributed by atoms with van der Waals surface area (Å²) in [7, 11) is 0. The SMILES string of the molecule is N=C(C(c1ccccc1)n1cnc2[nH]ncc2c1=S)N1CCN(c2ccccc2)CC1. The van der Waals surface area contributed by atoms with Gasteiger partial charge in [-0.25, -0.2) is 4.98 Å². The molecule has 0 bridgehead atoms. The number of aromatic nitrogens is 4. The number of benzene rings is 2. The lowest BCUT2D eigenvalue weighted by molar-refractivity contribution is 0.366. The van der Waals surface area contributed by atoms with Crippen molar-refractivity contribution in [3.05, 3.63) is 83.4 Å². The maximum absolute atomic E-state index is 9.14. The molecule has 0 spiro atoms. The lowest BCUT2D eigenvalue weighted by Crippen LogP contribution is -2.50. The van der Waals surface area contributed by atoms with Crippen molar-refractivity contribution in [1.29, 1.82) is 5.41 Å². The number of nitrogens with zero attached hydrogens (tertiary/aromatic N) is 5. The minimum atomic E-state index is -0.344. The molecule has 1 saturated heterocycles. The number of anilines is 1. The fourth-order valence-electron chi connectivity index (χ4n) is 4.13. The summed E-state index contributed by atoms with van der Waals surface area (Å²) in [5, 5.41) is 16.9. The van der Waals surface area contributed by atoms with Crippen molar-refractivity contribution in [1.82, 2.24) is 24.6 Å². The zero-order chi connectivity index (χ0) is 21.2. The van der Waals surface area contributed by atoms with Gasteiger partial charge in [0.15, 0.2) is 5.65 Å². The average Bonchev–Trinajstić information content (AvgIpc) is 3.32. The van der Waals surface area contributed by atoms with Crippen LogP contribution in [0.1, 0.15) is 11.6 Å². The molecule has 2 aromatic heterocycles. The predicted octanol–water partition coefficient (Wildman–Crippen LogP) is 3.88. The molecule has 2 aromatic carbocycles. The highest BCUT2D eigenvalue weighted by Crippen LogP contribution is 2.25. The largest absolute Gasteiger partial charge is 0.368 e. The number of fused-ring (bicyclic) bond motifs is 1. The Balaban J connectivity index is 1.45. The van der Waals surface area contributed by atoms with Crippen molar-refractivity contribution in [2.45, 2.75) is 6.04 Å². The van der Waals surface area contributed by atoms with Crippen LogP contribution in [0.4, 0.5) is 5.69 Å². The minimum Gasteiger partial charge on any atom is -0.368 e. The Kier molecular flexibility index (Phi) is 5.21. The summed E-state index contributed by atoms with van der Waals surface area (Å²) < 4.78 is 2.54. The van der Waals surface area contributed by atoms with Gasteiger partial charge in [-0.3, -0.25) is 10.5 Å². The summed E-state index contributed by atoms with van der Waals surface area (Å²) in [6.45, 7) is 3.31. The molecule has 3 heterocycles. The number of H-pyrrole nitrogens is 1. The van der Waals surface area contributed by atoms with Crippen LogP contribution in [0, 0.1) is 10.0 Å². The van der Waals surface area contributed by atoms with E-state index in [4.69, 9.17) is 17.6 Å². The molecule has 1 aliphatic rings. The molecule has 1 fully saturated rings. The van der Waals surface area contributed by atoms with E-state index < -0.39 is 0 Å². The summed E-state index contributed by atoms with van der Waals surface area (Å²) in [6.07, 6.45) is 3.42. The van der Waals surface area contributed by atoms with Crippen molar-refractivity contribution >= 4 is 34.8 Å². The Labute approximate surface area is 185 Å². The molecule has 7 nitrogen and oxygen atoms in total. The first-order chi connectivity index (χ1) is 15.2. The molecule has 1 atom stereocenters. The standard InChI is InChI=1S/C23H23N7S/c24-21(29-13-11-28(12-14-29)18-9-5-2-6-10-18)20(17-7-3-1-4-8-17)30-16-25-22-19(23(30)31)15-26-27-22/h1-10,15-16,20,24H,11-14H2,(H,26,27). The number of amidine groups is 1. The van der Waals surface area contributed by atoms with E-state index in [9.17, 15) is 0 Å². The lowest BCUT2D eigenvalue weighted by Gasteiger charge is -2.39. The fraction of sp³-hybridized carbons (Fsp3) is 0.217. The Morgan fingerprint density at radius 3 is 2.35 bits per heavy atom. The average molecular weight is 430 g/mol. The van der Waals surface area contributed by atoms with Gasteiger partial charge < -0.3 is 14.4 Å². The van der Waals surface area contributed by atoms with Crippen molar-refractivity contribution in [2.24, 2.45) is 0 Å². The van der Waals surface area contributed by atoms with Crippen LogP contribution in [-0.4, -0.2) is 56.7 Å². The summed E-state index contributed by atoms with van der Waals surface area (Å²) in [4.78, 5) is 9.00. The van der Waals surface area contributed by atoms with Gasteiger partial charge in [0.1, 0.15) is 16.5 Å². The molecular weight excluding hydrogens is 406 g/mol. The quantitative estimate of drug-likeness (QED) is 0.293. The van der Waals surface area contributed by atoms with Crippen LogP contribution in [0.15, 0.2) is 73.2 Å². The maximum Gasteiger partial charge on any atom is 0.159 e. The second-order valence-corrected chi connectivity index (χ2v) is 7.98. The van der Waals surface area contributed by atoms with Gasteiger partial charge in [0.2, 0.25) is 0 Å². The maximum atomic E-state index is 9.14. The van der Waals surface area contributed by atoms with Crippen LogP contribution in [0.5, 0.6) is 0 Å². The molecule has 31 heavy (non-hydrogen) atoms. The number of hydrogen-bond acceptors (Lipinski definition) is 5. The van der Waals surface area contributed by atoms with Crippen molar-refractivity contribution in [3.63, 3.8) is 0 Å². The van der Waals surface area contributed by atoms with E-state index in [0.29, 0.717) is 16.1 Å². The van der Waals surface area contributed by atoms with Gasteiger partial charge in [-0.15, -0.1) is 0 Å². The smallest absolute Gasteiger partial charge is 0.159 e. The number of rotatable bonds is 4. The van der Waals surface area contributed by atoms with E-state index in [1.165, 1.54) is 5.69 Å². The Bertz CT molecular complexity index is 1240. The van der Waals surface area contributed by atoms with Gasteiger partial charge >= 0.3 is 0 Å². The Morgan fingerprint density at radius 2 is 1.65 bits per heavy atom. The zero-order valence-corrected chi connectivity index (χ0v) is 17.8. The van der Waals surface area contributed by atoms with E-state index in [-0.39, 0.29) is 6.04 Å². The molecule has 0 saturated carbocycles. The lowest BCUT2D eigenvalue weighted by atomic mass is 10.0. The molecular formula is C23H23N7S. The van der Waals surface area contributed by atoms with Crippen molar-refractivity contribution < 1.29 is 0 Å². The molecule has 5 rings (SSSR count). The minimum absolute atomic E-state index is 0.344. The summed E-state index contributed by atoms with van der Waals surface area (Å²) in [5.74, 6) is 0.527. The normalized spacial score (nSPS) is 15.2. The van der Waals surface area contributed by atoms with Gasteiger partial charge in [0.25, 0.3) is 0 Å². The number of hydrogen-bond donors (Lipinski definition) is 2. The molecule has 0 radical (unpaired) electrons. The van der Waals surface area contributed by atoms with E-state index >= 15 is 0 Å². The van der Waals surface area contributed by atoms with E-state index in [1.54, 1.807) is 12.5 Å². The molecule has 8 heteroatoms. The Hall–Kier alpha value is -3.52. The summed E-state index contributed by atoms with van der Waals surface area (Å²) in [5.41, 5.74) is 2.90. The summed E-state index contributed by atoms with van der Waals surface area (Å²) >= 11 is 5.77. The first-order valence-corrected chi connectivity index (χ1v) is 10.7. The van der Waals surface area contributed by atoms with Gasteiger partial charge in [-0.2, -0.15) is 5.10 Å². The first-order valence-electron chi connectivity index (χ1n) is 10.3.